The number of pyridine rings is 1. The van der Waals surface area contributed by atoms with Crippen LogP contribution in [0.1, 0.15) is 16.5 Å². The van der Waals surface area contributed by atoms with E-state index in [1.807, 2.05) is 35.7 Å². The summed E-state index contributed by atoms with van der Waals surface area (Å²) in [6.45, 7) is 0. The van der Waals surface area contributed by atoms with E-state index in [1.54, 1.807) is 19.5 Å². The van der Waals surface area contributed by atoms with Gasteiger partial charge in [0.2, 0.25) is 0 Å². The number of fused-ring (bicyclic) bond motifs is 1. The molecule has 19 heavy (non-hydrogen) atoms. The normalized spacial score (nSPS) is 12.5. The molecule has 0 saturated carbocycles. The maximum atomic E-state index is 10.5. The maximum absolute atomic E-state index is 10.5. The summed E-state index contributed by atoms with van der Waals surface area (Å²) in [5.74, 6) is 0.779. The zero-order chi connectivity index (χ0) is 13.2. The molecule has 0 bridgehead atoms. The van der Waals surface area contributed by atoms with Gasteiger partial charge in [0.1, 0.15) is 11.9 Å². The highest BCUT2D eigenvalue weighted by molar-refractivity contribution is 7.10. The number of hydrogen-bond donors (Lipinski definition) is 1. The first-order valence-electron chi connectivity index (χ1n) is 5.92. The lowest BCUT2D eigenvalue weighted by atomic mass is 10.0. The van der Waals surface area contributed by atoms with Gasteiger partial charge in [-0.05, 0) is 23.1 Å². The quantitative estimate of drug-likeness (QED) is 0.794. The van der Waals surface area contributed by atoms with Crippen LogP contribution in [0.3, 0.4) is 0 Å². The van der Waals surface area contributed by atoms with Crippen molar-refractivity contribution in [3.8, 4) is 5.75 Å². The average molecular weight is 271 g/mol. The highest BCUT2D eigenvalue weighted by Gasteiger charge is 2.15. The van der Waals surface area contributed by atoms with Gasteiger partial charge in [0.05, 0.1) is 7.11 Å². The molecule has 1 aromatic carbocycles. The number of aliphatic hydroxyl groups excluding tert-OH is 1. The van der Waals surface area contributed by atoms with E-state index in [-0.39, 0.29) is 0 Å². The fraction of sp³-hybridized carbons (Fsp3) is 0.133. The molecule has 0 aliphatic carbocycles. The topological polar surface area (TPSA) is 42.4 Å². The van der Waals surface area contributed by atoms with Crippen LogP contribution in [0.15, 0.2) is 48.1 Å². The highest BCUT2D eigenvalue weighted by Crippen LogP contribution is 2.33. The van der Waals surface area contributed by atoms with Gasteiger partial charge in [-0.15, -0.1) is 11.3 Å². The molecule has 4 heteroatoms. The number of rotatable bonds is 3. The first-order valence-corrected chi connectivity index (χ1v) is 6.80. The molecule has 1 unspecified atom stereocenters. The molecule has 1 N–H and O–H groups in total. The van der Waals surface area contributed by atoms with Crippen molar-refractivity contribution in [2.45, 2.75) is 6.10 Å². The number of ether oxygens (including phenoxy) is 1. The van der Waals surface area contributed by atoms with E-state index in [9.17, 15) is 5.11 Å². The summed E-state index contributed by atoms with van der Waals surface area (Å²) in [6.07, 6.45) is 2.91. The highest BCUT2D eigenvalue weighted by atomic mass is 32.1. The third kappa shape index (κ3) is 2.20. The van der Waals surface area contributed by atoms with Crippen LogP contribution in [0.5, 0.6) is 5.75 Å². The molecule has 0 amide bonds. The number of aliphatic hydroxyl groups is 1. The Morgan fingerprint density at radius 3 is 3.00 bits per heavy atom. The van der Waals surface area contributed by atoms with E-state index < -0.39 is 6.10 Å². The van der Waals surface area contributed by atoms with Crippen molar-refractivity contribution in [3.63, 3.8) is 0 Å². The second-order valence-electron chi connectivity index (χ2n) is 4.24. The molecule has 3 rings (SSSR count). The van der Waals surface area contributed by atoms with Gasteiger partial charge >= 0.3 is 0 Å². The Morgan fingerprint density at radius 1 is 1.32 bits per heavy atom. The smallest absolute Gasteiger partial charge is 0.129 e. The van der Waals surface area contributed by atoms with Crippen molar-refractivity contribution >= 4 is 22.1 Å². The molecular weight excluding hydrogens is 258 g/mol. The minimum atomic E-state index is -0.639. The number of hydrogen-bond acceptors (Lipinski definition) is 4. The predicted molar refractivity (Wildman–Crippen MR) is 76.7 cm³/mol. The van der Waals surface area contributed by atoms with Crippen molar-refractivity contribution in [1.29, 1.82) is 0 Å². The Morgan fingerprint density at radius 2 is 2.21 bits per heavy atom. The zero-order valence-electron chi connectivity index (χ0n) is 10.4. The number of nitrogens with zero attached hydrogens (tertiary/aromatic N) is 1. The Balaban J connectivity index is 2.08. The molecule has 3 nitrogen and oxygen atoms in total. The van der Waals surface area contributed by atoms with Crippen LogP contribution in [0, 0.1) is 0 Å². The molecule has 0 radical (unpaired) electrons. The number of benzene rings is 1. The summed E-state index contributed by atoms with van der Waals surface area (Å²) < 4.78 is 5.16. The molecule has 1 atom stereocenters. The van der Waals surface area contributed by atoms with Crippen molar-refractivity contribution in [2.24, 2.45) is 0 Å². The number of thiophene rings is 1. The van der Waals surface area contributed by atoms with E-state index >= 15 is 0 Å². The first kappa shape index (κ1) is 12.1. The van der Waals surface area contributed by atoms with Crippen molar-refractivity contribution in [3.05, 3.63) is 58.5 Å². The molecule has 2 aromatic heterocycles. The number of aromatic nitrogens is 1. The predicted octanol–water partition coefficient (Wildman–Crippen LogP) is 3.39. The van der Waals surface area contributed by atoms with E-state index in [0.29, 0.717) is 0 Å². The first-order chi connectivity index (χ1) is 9.29. The summed E-state index contributed by atoms with van der Waals surface area (Å²) in [7, 11) is 1.63. The van der Waals surface area contributed by atoms with Crippen LogP contribution in [0.2, 0.25) is 0 Å². The second-order valence-corrected chi connectivity index (χ2v) is 5.18. The van der Waals surface area contributed by atoms with Crippen LogP contribution >= 0.6 is 11.3 Å². The lowest BCUT2D eigenvalue weighted by molar-refractivity contribution is 0.225. The number of methoxy groups -OCH3 is 1. The summed E-state index contributed by atoms with van der Waals surface area (Å²) in [6, 6.07) is 9.67. The van der Waals surface area contributed by atoms with E-state index in [1.165, 1.54) is 11.3 Å². The van der Waals surface area contributed by atoms with Crippen LogP contribution in [-0.2, 0) is 0 Å². The summed E-state index contributed by atoms with van der Waals surface area (Å²) in [4.78, 5) is 4.98. The lowest BCUT2D eigenvalue weighted by Gasteiger charge is -2.11. The van der Waals surface area contributed by atoms with Gasteiger partial charge in [-0.1, -0.05) is 18.2 Å². The second kappa shape index (κ2) is 4.99. The van der Waals surface area contributed by atoms with Gasteiger partial charge in [0.15, 0.2) is 0 Å². The molecule has 0 saturated heterocycles. The van der Waals surface area contributed by atoms with Crippen LogP contribution in [-0.4, -0.2) is 17.2 Å². The van der Waals surface area contributed by atoms with Crippen LogP contribution < -0.4 is 4.74 Å². The Hall–Kier alpha value is -1.91. The van der Waals surface area contributed by atoms with Crippen molar-refractivity contribution in [2.75, 3.05) is 7.11 Å². The van der Waals surface area contributed by atoms with E-state index in [4.69, 9.17) is 4.74 Å². The SMILES string of the molecule is COc1csc(C(O)c2cccc3cnccc23)c1. The van der Waals surface area contributed by atoms with Gasteiger partial charge in [-0.3, -0.25) is 4.98 Å². The zero-order valence-corrected chi connectivity index (χ0v) is 11.2. The van der Waals surface area contributed by atoms with Gasteiger partial charge in [0, 0.05) is 28.0 Å². The van der Waals surface area contributed by atoms with Gasteiger partial charge < -0.3 is 9.84 Å². The minimum absolute atomic E-state index is 0.639. The average Bonchev–Trinajstić information content (AvgIpc) is 2.95. The lowest BCUT2D eigenvalue weighted by Crippen LogP contribution is -1.98. The molecule has 0 fully saturated rings. The van der Waals surface area contributed by atoms with Gasteiger partial charge in [-0.25, -0.2) is 0 Å². The largest absolute Gasteiger partial charge is 0.496 e. The van der Waals surface area contributed by atoms with Crippen LogP contribution in [0.25, 0.3) is 10.8 Å². The summed E-state index contributed by atoms with van der Waals surface area (Å²) >= 11 is 1.49. The van der Waals surface area contributed by atoms with Crippen molar-refractivity contribution < 1.29 is 9.84 Å². The molecule has 3 aromatic rings. The van der Waals surface area contributed by atoms with Gasteiger partial charge in [-0.2, -0.15) is 0 Å². The summed E-state index contributed by atoms with van der Waals surface area (Å²) in [5, 5.41) is 14.5. The Kier molecular flexibility index (Phi) is 3.19. The fourth-order valence-corrected chi connectivity index (χ4v) is 2.98. The Bertz CT molecular complexity index is 703. The molecular formula is C15H13NO2S. The standard InChI is InChI=1S/C15H13NO2S/c1-18-11-7-14(19-9-11)15(17)13-4-2-3-10-8-16-6-5-12(10)13/h2-9,15,17H,1H3. The van der Waals surface area contributed by atoms with Crippen LogP contribution in [0.4, 0.5) is 0 Å². The minimum Gasteiger partial charge on any atom is -0.496 e. The molecule has 0 aliphatic heterocycles. The van der Waals surface area contributed by atoms with Gasteiger partial charge in [0.25, 0.3) is 0 Å². The van der Waals surface area contributed by atoms with E-state index in [2.05, 4.69) is 4.98 Å². The molecule has 0 aliphatic rings. The Labute approximate surface area is 115 Å². The maximum Gasteiger partial charge on any atom is 0.129 e. The van der Waals surface area contributed by atoms with E-state index in [0.717, 1.165) is 27.0 Å². The molecule has 96 valence electrons. The van der Waals surface area contributed by atoms with Crippen molar-refractivity contribution in [1.82, 2.24) is 4.98 Å². The molecule has 2 heterocycles. The molecule has 0 spiro atoms. The third-order valence-electron chi connectivity index (χ3n) is 3.11. The fourth-order valence-electron chi connectivity index (χ4n) is 2.12. The monoisotopic (exact) mass is 271 g/mol. The summed E-state index contributed by atoms with van der Waals surface area (Å²) in [5.41, 5.74) is 0.893. The third-order valence-corrected chi connectivity index (χ3v) is 4.07.